The molecular weight excluding hydrogens is 332 g/mol. The minimum Gasteiger partial charge on any atom is -0.384 e. The minimum atomic E-state index is 0.758. The minimum absolute atomic E-state index is 0.758. The summed E-state index contributed by atoms with van der Waals surface area (Å²) in [6.45, 7) is 0.893. The lowest BCUT2D eigenvalue weighted by molar-refractivity contribution is 1.12. The number of aromatic nitrogens is 1. The molecule has 0 saturated carbocycles. The molecule has 0 aliphatic rings. The zero-order valence-corrected chi connectivity index (χ0v) is 12.7. The molecule has 0 aliphatic heterocycles. The van der Waals surface area contributed by atoms with Gasteiger partial charge in [0, 0.05) is 33.7 Å². The molecule has 2 nitrogen and oxygen atoms in total. The zero-order valence-electron chi connectivity index (χ0n) is 9.57. The van der Waals surface area contributed by atoms with E-state index in [0.29, 0.717) is 0 Å². The Morgan fingerprint density at radius 3 is 2.61 bits per heavy atom. The van der Waals surface area contributed by atoms with E-state index < -0.39 is 0 Å². The molecule has 0 fully saturated rings. The molecular formula is C13H12BrClN2S. The molecule has 0 aliphatic carbocycles. The molecule has 0 bridgehead atoms. The Hall–Kier alpha value is -0.710. The van der Waals surface area contributed by atoms with Crippen LogP contribution in [0.5, 0.6) is 0 Å². The molecule has 18 heavy (non-hydrogen) atoms. The molecule has 1 N–H and O–H groups in total. The molecule has 2 rings (SSSR count). The zero-order chi connectivity index (χ0) is 12.8. The number of nitrogens with zero attached hydrogens (tertiary/aromatic N) is 1. The Labute approximate surface area is 124 Å². The average Bonchev–Trinajstić information content (AvgIpc) is 2.39. The van der Waals surface area contributed by atoms with Crippen LogP contribution in [0.1, 0.15) is 0 Å². The van der Waals surface area contributed by atoms with Crippen molar-refractivity contribution in [3.63, 3.8) is 0 Å². The van der Waals surface area contributed by atoms with Gasteiger partial charge in [0.15, 0.2) is 0 Å². The molecule has 2 aromatic rings. The lowest BCUT2D eigenvalue weighted by Gasteiger charge is -2.06. The summed E-state index contributed by atoms with van der Waals surface area (Å²) in [4.78, 5) is 4.31. The van der Waals surface area contributed by atoms with Crippen LogP contribution in [0.25, 0.3) is 0 Å². The fourth-order valence-corrected chi connectivity index (χ4v) is 2.43. The molecule has 1 heterocycles. The van der Waals surface area contributed by atoms with Gasteiger partial charge in [0.05, 0.1) is 5.03 Å². The summed E-state index contributed by atoms with van der Waals surface area (Å²) in [7, 11) is 0. The molecule has 1 aromatic heterocycles. The number of benzene rings is 1. The van der Waals surface area contributed by atoms with Gasteiger partial charge in [-0.2, -0.15) is 0 Å². The van der Waals surface area contributed by atoms with E-state index in [4.69, 9.17) is 11.6 Å². The largest absolute Gasteiger partial charge is 0.384 e. The Balaban J connectivity index is 1.73. The van der Waals surface area contributed by atoms with Crippen LogP contribution in [0.3, 0.4) is 0 Å². The van der Waals surface area contributed by atoms with Crippen molar-refractivity contribution in [3.05, 3.63) is 52.1 Å². The fourth-order valence-electron chi connectivity index (χ4n) is 1.37. The second kappa shape index (κ2) is 7.02. The SMILES string of the molecule is Clc1ccc(NCCSc2ccc(Br)cn2)cc1. The van der Waals surface area contributed by atoms with E-state index in [1.165, 1.54) is 0 Å². The lowest BCUT2D eigenvalue weighted by Crippen LogP contribution is -2.03. The number of anilines is 1. The normalized spacial score (nSPS) is 10.3. The quantitative estimate of drug-likeness (QED) is 0.629. The molecule has 0 unspecified atom stereocenters. The van der Waals surface area contributed by atoms with Crippen molar-refractivity contribution in [1.29, 1.82) is 0 Å². The van der Waals surface area contributed by atoms with Gasteiger partial charge in [-0.15, -0.1) is 11.8 Å². The van der Waals surface area contributed by atoms with Gasteiger partial charge in [-0.1, -0.05) is 11.6 Å². The summed E-state index contributed by atoms with van der Waals surface area (Å²) in [6, 6.07) is 11.7. The first-order valence-corrected chi connectivity index (χ1v) is 7.63. The summed E-state index contributed by atoms with van der Waals surface area (Å²) in [5.74, 6) is 0.970. The number of hydrogen-bond acceptors (Lipinski definition) is 3. The highest BCUT2D eigenvalue weighted by Gasteiger charge is 1.96. The fraction of sp³-hybridized carbons (Fsp3) is 0.154. The van der Waals surface area contributed by atoms with Gasteiger partial charge < -0.3 is 5.32 Å². The first kappa shape index (κ1) is 13.7. The topological polar surface area (TPSA) is 24.9 Å². The second-order valence-electron chi connectivity index (χ2n) is 3.60. The maximum atomic E-state index is 5.82. The van der Waals surface area contributed by atoms with Crippen molar-refractivity contribution in [2.45, 2.75) is 5.03 Å². The number of nitrogens with one attached hydrogen (secondary N) is 1. The predicted molar refractivity (Wildman–Crippen MR) is 82.6 cm³/mol. The van der Waals surface area contributed by atoms with Crippen molar-refractivity contribution in [3.8, 4) is 0 Å². The summed E-state index contributed by atoms with van der Waals surface area (Å²) in [6.07, 6.45) is 1.81. The van der Waals surface area contributed by atoms with E-state index in [-0.39, 0.29) is 0 Å². The highest BCUT2D eigenvalue weighted by molar-refractivity contribution is 9.10. The van der Waals surface area contributed by atoms with Crippen molar-refractivity contribution in [2.24, 2.45) is 0 Å². The van der Waals surface area contributed by atoms with Gasteiger partial charge in [-0.25, -0.2) is 4.98 Å². The molecule has 0 spiro atoms. The van der Waals surface area contributed by atoms with Crippen LogP contribution in [0.2, 0.25) is 5.02 Å². The van der Waals surface area contributed by atoms with Crippen LogP contribution in [-0.2, 0) is 0 Å². The first-order valence-electron chi connectivity index (χ1n) is 5.48. The molecule has 94 valence electrons. The highest BCUT2D eigenvalue weighted by Crippen LogP contribution is 2.18. The molecule has 1 aromatic carbocycles. The van der Waals surface area contributed by atoms with Gasteiger partial charge >= 0.3 is 0 Å². The Kier molecular flexibility index (Phi) is 5.35. The molecule has 0 amide bonds. The monoisotopic (exact) mass is 342 g/mol. The van der Waals surface area contributed by atoms with Gasteiger partial charge in [0.25, 0.3) is 0 Å². The first-order chi connectivity index (χ1) is 8.74. The van der Waals surface area contributed by atoms with Crippen LogP contribution in [-0.4, -0.2) is 17.3 Å². The highest BCUT2D eigenvalue weighted by atomic mass is 79.9. The Morgan fingerprint density at radius 2 is 1.94 bits per heavy atom. The number of thioether (sulfide) groups is 1. The summed E-state index contributed by atoms with van der Waals surface area (Å²) in [5.41, 5.74) is 1.09. The van der Waals surface area contributed by atoms with E-state index in [2.05, 4.69) is 26.2 Å². The molecule has 0 atom stereocenters. The average molecular weight is 344 g/mol. The molecule has 0 radical (unpaired) electrons. The van der Waals surface area contributed by atoms with Gasteiger partial charge in [0.2, 0.25) is 0 Å². The third kappa shape index (κ3) is 4.52. The van der Waals surface area contributed by atoms with Gasteiger partial charge in [0.1, 0.15) is 0 Å². The Bertz CT molecular complexity index is 440. The standard InChI is InChI=1S/C13H12BrClN2S/c14-10-1-6-13(17-9-10)18-8-7-16-12-4-2-11(15)3-5-12/h1-6,9,16H,7-8H2. The number of rotatable bonds is 5. The van der Waals surface area contributed by atoms with Crippen molar-refractivity contribution in [1.82, 2.24) is 4.98 Å². The van der Waals surface area contributed by atoms with E-state index in [1.54, 1.807) is 11.8 Å². The molecule has 0 saturated heterocycles. The molecule has 5 heteroatoms. The van der Waals surface area contributed by atoms with Crippen LogP contribution in [0.4, 0.5) is 5.69 Å². The second-order valence-corrected chi connectivity index (χ2v) is 6.06. The van der Waals surface area contributed by atoms with Crippen LogP contribution in [0.15, 0.2) is 52.1 Å². The third-order valence-corrected chi connectivity index (χ3v) is 3.89. The van der Waals surface area contributed by atoms with Crippen LogP contribution in [0, 0.1) is 0 Å². The smallest absolute Gasteiger partial charge is 0.0961 e. The van der Waals surface area contributed by atoms with Gasteiger partial charge in [-0.3, -0.25) is 0 Å². The van der Waals surface area contributed by atoms with E-state index in [0.717, 1.165) is 32.5 Å². The summed E-state index contributed by atoms with van der Waals surface area (Å²) < 4.78 is 1.01. The summed E-state index contributed by atoms with van der Waals surface area (Å²) >= 11 is 10.9. The summed E-state index contributed by atoms with van der Waals surface area (Å²) in [5, 5.41) is 5.13. The van der Waals surface area contributed by atoms with Gasteiger partial charge in [-0.05, 0) is 52.3 Å². The van der Waals surface area contributed by atoms with E-state index >= 15 is 0 Å². The third-order valence-electron chi connectivity index (χ3n) is 2.23. The van der Waals surface area contributed by atoms with Crippen molar-refractivity contribution < 1.29 is 0 Å². The maximum Gasteiger partial charge on any atom is 0.0961 e. The van der Waals surface area contributed by atoms with E-state index in [1.807, 2.05) is 42.6 Å². The van der Waals surface area contributed by atoms with Crippen LogP contribution < -0.4 is 5.32 Å². The maximum absolute atomic E-state index is 5.82. The van der Waals surface area contributed by atoms with Crippen molar-refractivity contribution in [2.75, 3.05) is 17.6 Å². The number of pyridine rings is 1. The number of hydrogen-bond donors (Lipinski definition) is 1. The lowest BCUT2D eigenvalue weighted by atomic mass is 10.3. The Morgan fingerprint density at radius 1 is 1.17 bits per heavy atom. The predicted octanol–water partition coefficient (Wildman–Crippen LogP) is 4.70. The van der Waals surface area contributed by atoms with E-state index in [9.17, 15) is 0 Å². The number of halogens is 2. The van der Waals surface area contributed by atoms with Crippen LogP contribution >= 0.6 is 39.3 Å². The van der Waals surface area contributed by atoms with Crippen molar-refractivity contribution >= 4 is 45.0 Å².